The molecular formula is C9H17N5S. The minimum Gasteiger partial charge on any atom is -0.357 e. The molecule has 0 aliphatic carbocycles. The van der Waals surface area contributed by atoms with Gasteiger partial charge in [-0.3, -0.25) is 0 Å². The Morgan fingerprint density at radius 3 is 2.53 bits per heavy atom. The van der Waals surface area contributed by atoms with E-state index in [1.54, 1.807) is 11.8 Å². The first-order valence-electron chi connectivity index (χ1n) is 4.91. The standard InChI is InChI=1S/C9H17N5S/c1-5-6-15-9-12-7(10-2)11-8(13-9)14(3)4/h5-6H2,1-4H3,(H,10,11,12,13). The van der Waals surface area contributed by atoms with Crippen LogP contribution in [0.25, 0.3) is 0 Å². The van der Waals surface area contributed by atoms with Crippen molar-refractivity contribution in [3.8, 4) is 0 Å². The molecule has 1 aromatic rings. The molecular weight excluding hydrogens is 210 g/mol. The summed E-state index contributed by atoms with van der Waals surface area (Å²) >= 11 is 1.65. The van der Waals surface area contributed by atoms with E-state index in [1.807, 2.05) is 26.0 Å². The molecule has 1 aromatic heterocycles. The highest BCUT2D eigenvalue weighted by Gasteiger charge is 2.06. The number of anilines is 2. The predicted molar refractivity (Wildman–Crippen MR) is 64.7 cm³/mol. The molecule has 0 radical (unpaired) electrons. The van der Waals surface area contributed by atoms with E-state index < -0.39 is 0 Å². The largest absolute Gasteiger partial charge is 0.357 e. The van der Waals surface area contributed by atoms with Crippen LogP contribution in [-0.2, 0) is 0 Å². The van der Waals surface area contributed by atoms with Crippen LogP contribution >= 0.6 is 11.8 Å². The van der Waals surface area contributed by atoms with Gasteiger partial charge in [0.15, 0.2) is 5.16 Å². The Bertz CT molecular complexity index is 315. The molecule has 1 rings (SSSR count). The highest BCUT2D eigenvalue weighted by molar-refractivity contribution is 7.99. The van der Waals surface area contributed by atoms with Gasteiger partial charge in [-0.15, -0.1) is 0 Å². The quantitative estimate of drug-likeness (QED) is 0.769. The molecule has 1 heterocycles. The number of hydrogen-bond donors (Lipinski definition) is 1. The molecule has 5 nitrogen and oxygen atoms in total. The fourth-order valence-electron chi connectivity index (χ4n) is 0.916. The van der Waals surface area contributed by atoms with E-state index in [1.165, 1.54) is 0 Å². The number of hydrogen-bond acceptors (Lipinski definition) is 6. The Labute approximate surface area is 94.7 Å². The van der Waals surface area contributed by atoms with Gasteiger partial charge in [-0.1, -0.05) is 18.7 Å². The minimum atomic E-state index is 0.618. The van der Waals surface area contributed by atoms with E-state index in [0.717, 1.165) is 17.3 Å². The van der Waals surface area contributed by atoms with Gasteiger partial charge in [0, 0.05) is 26.9 Å². The van der Waals surface area contributed by atoms with Crippen molar-refractivity contribution in [1.29, 1.82) is 0 Å². The molecule has 0 atom stereocenters. The van der Waals surface area contributed by atoms with Gasteiger partial charge in [0.1, 0.15) is 0 Å². The van der Waals surface area contributed by atoms with Crippen LogP contribution in [0, 0.1) is 0 Å². The monoisotopic (exact) mass is 227 g/mol. The fraction of sp³-hybridized carbons (Fsp3) is 0.667. The Hall–Kier alpha value is -1.04. The molecule has 0 saturated carbocycles. The number of aromatic nitrogens is 3. The molecule has 0 unspecified atom stereocenters. The van der Waals surface area contributed by atoms with Crippen molar-refractivity contribution in [1.82, 2.24) is 15.0 Å². The van der Waals surface area contributed by atoms with Crippen molar-refractivity contribution in [2.75, 3.05) is 37.1 Å². The van der Waals surface area contributed by atoms with Gasteiger partial charge in [-0.2, -0.15) is 15.0 Å². The summed E-state index contributed by atoms with van der Waals surface area (Å²) in [6, 6.07) is 0. The van der Waals surface area contributed by atoms with Crippen LogP contribution in [0.1, 0.15) is 13.3 Å². The third-order valence-corrected chi connectivity index (χ3v) is 2.72. The predicted octanol–water partition coefficient (Wildman–Crippen LogP) is 1.48. The summed E-state index contributed by atoms with van der Waals surface area (Å²) in [6.45, 7) is 2.14. The second kappa shape index (κ2) is 5.75. The van der Waals surface area contributed by atoms with E-state index in [2.05, 4.69) is 27.2 Å². The summed E-state index contributed by atoms with van der Waals surface area (Å²) in [5, 5.41) is 3.71. The SMILES string of the molecule is CCCSc1nc(NC)nc(N(C)C)n1. The second-order valence-corrected chi connectivity index (χ2v) is 4.30. The summed E-state index contributed by atoms with van der Waals surface area (Å²) < 4.78 is 0. The lowest BCUT2D eigenvalue weighted by Crippen LogP contribution is -2.15. The molecule has 0 amide bonds. The van der Waals surface area contributed by atoms with E-state index >= 15 is 0 Å². The van der Waals surface area contributed by atoms with Gasteiger partial charge in [0.2, 0.25) is 11.9 Å². The molecule has 84 valence electrons. The average molecular weight is 227 g/mol. The van der Waals surface area contributed by atoms with Gasteiger partial charge < -0.3 is 10.2 Å². The second-order valence-electron chi connectivity index (χ2n) is 3.23. The maximum Gasteiger partial charge on any atom is 0.230 e. The first kappa shape index (κ1) is 12.0. The van der Waals surface area contributed by atoms with E-state index in [-0.39, 0.29) is 0 Å². The molecule has 0 aliphatic heterocycles. The smallest absolute Gasteiger partial charge is 0.230 e. The van der Waals surface area contributed by atoms with Crippen molar-refractivity contribution in [2.24, 2.45) is 0 Å². The summed E-state index contributed by atoms with van der Waals surface area (Å²) in [7, 11) is 5.65. The van der Waals surface area contributed by atoms with Crippen LogP contribution < -0.4 is 10.2 Å². The number of nitrogens with one attached hydrogen (secondary N) is 1. The Morgan fingerprint density at radius 1 is 1.27 bits per heavy atom. The average Bonchev–Trinajstić information content (AvgIpc) is 2.25. The fourth-order valence-corrected chi connectivity index (χ4v) is 1.60. The van der Waals surface area contributed by atoms with Gasteiger partial charge >= 0.3 is 0 Å². The molecule has 0 bridgehead atoms. The van der Waals surface area contributed by atoms with Crippen molar-refractivity contribution in [2.45, 2.75) is 18.5 Å². The molecule has 0 aliphatic rings. The lowest BCUT2D eigenvalue weighted by molar-refractivity contribution is 0.869. The van der Waals surface area contributed by atoms with Gasteiger partial charge in [0.25, 0.3) is 0 Å². The third kappa shape index (κ3) is 3.54. The molecule has 1 N–H and O–H groups in total. The van der Waals surface area contributed by atoms with Crippen LogP contribution in [-0.4, -0.2) is 41.8 Å². The van der Waals surface area contributed by atoms with Crippen LogP contribution in [0.4, 0.5) is 11.9 Å². The third-order valence-electron chi connectivity index (χ3n) is 1.66. The normalized spacial score (nSPS) is 10.1. The first-order chi connectivity index (χ1) is 7.17. The van der Waals surface area contributed by atoms with Crippen molar-refractivity contribution >= 4 is 23.7 Å². The molecule has 0 spiro atoms. The number of nitrogens with zero attached hydrogens (tertiary/aromatic N) is 4. The first-order valence-corrected chi connectivity index (χ1v) is 5.90. The van der Waals surface area contributed by atoms with Gasteiger partial charge in [-0.25, -0.2) is 0 Å². The number of rotatable bonds is 5. The van der Waals surface area contributed by atoms with Crippen LogP contribution in [0.5, 0.6) is 0 Å². The summed E-state index contributed by atoms with van der Waals surface area (Å²) in [4.78, 5) is 14.7. The van der Waals surface area contributed by atoms with Crippen molar-refractivity contribution < 1.29 is 0 Å². The van der Waals surface area contributed by atoms with E-state index in [9.17, 15) is 0 Å². The van der Waals surface area contributed by atoms with Gasteiger partial charge in [0.05, 0.1) is 0 Å². The molecule has 0 fully saturated rings. The Balaban J connectivity index is 2.90. The van der Waals surface area contributed by atoms with Crippen LogP contribution in [0.2, 0.25) is 0 Å². The molecule has 0 aromatic carbocycles. The summed E-state index contributed by atoms with van der Waals surface area (Å²) in [6.07, 6.45) is 1.11. The zero-order chi connectivity index (χ0) is 11.3. The Morgan fingerprint density at radius 2 is 2.00 bits per heavy atom. The molecule has 6 heteroatoms. The Kier molecular flexibility index (Phi) is 4.61. The summed E-state index contributed by atoms with van der Waals surface area (Å²) in [5.74, 6) is 2.33. The topological polar surface area (TPSA) is 53.9 Å². The number of thioether (sulfide) groups is 1. The van der Waals surface area contributed by atoms with Crippen molar-refractivity contribution in [3.05, 3.63) is 0 Å². The van der Waals surface area contributed by atoms with E-state index in [0.29, 0.717) is 11.9 Å². The zero-order valence-electron chi connectivity index (χ0n) is 9.61. The highest BCUT2D eigenvalue weighted by atomic mass is 32.2. The lowest BCUT2D eigenvalue weighted by atomic mass is 10.6. The van der Waals surface area contributed by atoms with E-state index in [4.69, 9.17) is 0 Å². The van der Waals surface area contributed by atoms with Crippen molar-refractivity contribution in [3.63, 3.8) is 0 Å². The highest BCUT2D eigenvalue weighted by Crippen LogP contribution is 2.17. The maximum atomic E-state index is 4.35. The lowest BCUT2D eigenvalue weighted by Gasteiger charge is -2.11. The summed E-state index contributed by atoms with van der Waals surface area (Å²) in [5.41, 5.74) is 0. The van der Waals surface area contributed by atoms with Gasteiger partial charge in [-0.05, 0) is 6.42 Å². The molecule has 0 saturated heterocycles. The van der Waals surface area contributed by atoms with Crippen LogP contribution in [0.3, 0.4) is 0 Å². The maximum absolute atomic E-state index is 4.35. The zero-order valence-corrected chi connectivity index (χ0v) is 10.4. The van der Waals surface area contributed by atoms with Crippen LogP contribution in [0.15, 0.2) is 5.16 Å². The molecule has 15 heavy (non-hydrogen) atoms. The minimum absolute atomic E-state index is 0.618.